The van der Waals surface area contributed by atoms with Crippen LogP contribution in [0.15, 0.2) is 29.6 Å². The first-order valence-corrected chi connectivity index (χ1v) is 6.34. The number of H-pyrrole nitrogens is 1. The van der Waals surface area contributed by atoms with Crippen LogP contribution in [0.4, 0.5) is 0 Å². The second-order valence-corrected chi connectivity index (χ2v) is 4.62. The van der Waals surface area contributed by atoms with Gasteiger partial charge in [-0.15, -0.1) is 11.3 Å². The van der Waals surface area contributed by atoms with Crippen LogP contribution in [0.1, 0.15) is 17.3 Å². The van der Waals surface area contributed by atoms with Gasteiger partial charge in [0.05, 0.1) is 12.2 Å². The maximum absolute atomic E-state index is 11.8. The fourth-order valence-corrected chi connectivity index (χ4v) is 2.97. The molecule has 0 fully saturated rings. The third-order valence-electron chi connectivity index (χ3n) is 2.73. The van der Waals surface area contributed by atoms with Gasteiger partial charge in [-0.1, -0.05) is 18.2 Å². The Labute approximate surface area is 102 Å². The Balaban J connectivity index is 2.29. The van der Waals surface area contributed by atoms with E-state index in [0.717, 1.165) is 21.1 Å². The van der Waals surface area contributed by atoms with Gasteiger partial charge in [0, 0.05) is 21.7 Å². The number of fused-ring (bicyclic) bond motifs is 3. The third-order valence-corrected chi connectivity index (χ3v) is 3.63. The van der Waals surface area contributed by atoms with Crippen molar-refractivity contribution < 1.29 is 9.53 Å². The van der Waals surface area contributed by atoms with Crippen LogP contribution in [0.2, 0.25) is 0 Å². The molecule has 0 saturated carbocycles. The van der Waals surface area contributed by atoms with Crippen LogP contribution in [-0.4, -0.2) is 17.6 Å². The van der Waals surface area contributed by atoms with E-state index in [9.17, 15) is 4.79 Å². The van der Waals surface area contributed by atoms with Gasteiger partial charge in [-0.05, 0) is 13.0 Å². The molecule has 86 valence electrons. The number of para-hydroxylation sites is 1. The molecule has 0 bridgehead atoms. The summed E-state index contributed by atoms with van der Waals surface area (Å²) in [6.07, 6.45) is 0. The Morgan fingerprint density at radius 3 is 3.06 bits per heavy atom. The first-order valence-electron chi connectivity index (χ1n) is 5.46. The van der Waals surface area contributed by atoms with Crippen molar-refractivity contribution in [3.05, 3.63) is 35.2 Å². The summed E-state index contributed by atoms with van der Waals surface area (Å²) in [5, 5.41) is 3.90. The van der Waals surface area contributed by atoms with Crippen LogP contribution in [0, 0.1) is 0 Å². The van der Waals surface area contributed by atoms with Gasteiger partial charge < -0.3 is 9.72 Å². The molecule has 0 spiro atoms. The normalized spacial score (nSPS) is 11.1. The Morgan fingerprint density at radius 2 is 2.24 bits per heavy atom. The molecule has 2 heterocycles. The molecule has 0 unspecified atom stereocenters. The van der Waals surface area contributed by atoms with E-state index >= 15 is 0 Å². The molecule has 0 saturated heterocycles. The number of hydrogen-bond donors (Lipinski definition) is 1. The topological polar surface area (TPSA) is 42.1 Å². The number of rotatable bonds is 2. The summed E-state index contributed by atoms with van der Waals surface area (Å²) in [4.78, 5) is 16.2. The van der Waals surface area contributed by atoms with Gasteiger partial charge in [0.1, 0.15) is 4.83 Å². The van der Waals surface area contributed by atoms with E-state index in [1.54, 1.807) is 0 Å². The van der Waals surface area contributed by atoms with Gasteiger partial charge in [-0.3, -0.25) is 0 Å². The van der Waals surface area contributed by atoms with Crippen LogP contribution in [-0.2, 0) is 4.74 Å². The second-order valence-electron chi connectivity index (χ2n) is 3.74. The Kier molecular flexibility index (Phi) is 2.37. The molecular weight excluding hydrogens is 234 g/mol. The number of ether oxygens (including phenoxy) is 1. The summed E-state index contributed by atoms with van der Waals surface area (Å²) in [6, 6.07) is 7.98. The lowest BCUT2D eigenvalue weighted by Crippen LogP contribution is -2.03. The maximum atomic E-state index is 11.8. The Hall–Kier alpha value is -1.81. The lowest BCUT2D eigenvalue weighted by molar-refractivity contribution is 0.0529. The van der Waals surface area contributed by atoms with Gasteiger partial charge in [-0.25, -0.2) is 4.79 Å². The number of nitrogens with one attached hydrogen (secondary N) is 1. The van der Waals surface area contributed by atoms with E-state index in [1.165, 1.54) is 11.3 Å². The standard InChI is InChI=1S/C13H11NO2S/c1-2-16-13(15)9-7-17-12-11(9)8-5-3-4-6-10(8)14-12/h3-7,14H,2H2,1H3. The fourth-order valence-electron chi connectivity index (χ4n) is 2.01. The van der Waals surface area contributed by atoms with E-state index in [0.29, 0.717) is 12.2 Å². The summed E-state index contributed by atoms with van der Waals surface area (Å²) in [7, 11) is 0. The average Bonchev–Trinajstić information content (AvgIpc) is 2.87. The highest BCUT2D eigenvalue weighted by Crippen LogP contribution is 2.33. The largest absolute Gasteiger partial charge is 0.462 e. The monoisotopic (exact) mass is 245 g/mol. The van der Waals surface area contributed by atoms with Crippen molar-refractivity contribution in [2.75, 3.05) is 6.61 Å². The van der Waals surface area contributed by atoms with Crippen LogP contribution in [0.25, 0.3) is 21.1 Å². The zero-order chi connectivity index (χ0) is 11.8. The number of esters is 1. The van der Waals surface area contributed by atoms with Gasteiger partial charge in [0.15, 0.2) is 0 Å². The minimum Gasteiger partial charge on any atom is -0.462 e. The third kappa shape index (κ3) is 1.52. The predicted octanol–water partition coefficient (Wildman–Crippen LogP) is 3.56. The highest BCUT2D eigenvalue weighted by atomic mass is 32.1. The summed E-state index contributed by atoms with van der Waals surface area (Å²) < 4.78 is 5.07. The van der Waals surface area contributed by atoms with Gasteiger partial charge >= 0.3 is 5.97 Å². The molecule has 0 radical (unpaired) electrons. The number of carbonyl (C=O) groups is 1. The highest BCUT2D eigenvalue weighted by Gasteiger charge is 2.17. The molecule has 2 aromatic heterocycles. The second kappa shape index (κ2) is 3.89. The van der Waals surface area contributed by atoms with Gasteiger partial charge in [0.2, 0.25) is 0 Å². The minimum atomic E-state index is -0.247. The molecule has 17 heavy (non-hydrogen) atoms. The molecule has 0 atom stereocenters. The van der Waals surface area contributed by atoms with Gasteiger partial charge in [-0.2, -0.15) is 0 Å². The van der Waals surface area contributed by atoms with E-state index in [4.69, 9.17) is 4.74 Å². The quantitative estimate of drug-likeness (QED) is 0.701. The van der Waals surface area contributed by atoms with E-state index < -0.39 is 0 Å². The zero-order valence-corrected chi connectivity index (χ0v) is 10.1. The predicted molar refractivity (Wildman–Crippen MR) is 69.6 cm³/mol. The molecule has 0 aliphatic rings. The maximum Gasteiger partial charge on any atom is 0.339 e. The van der Waals surface area contributed by atoms with Crippen molar-refractivity contribution >= 4 is 38.4 Å². The molecule has 0 amide bonds. The van der Waals surface area contributed by atoms with Crippen molar-refractivity contribution in [3.63, 3.8) is 0 Å². The van der Waals surface area contributed by atoms with Crippen LogP contribution >= 0.6 is 11.3 Å². The van der Waals surface area contributed by atoms with Crippen molar-refractivity contribution in [3.8, 4) is 0 Å². The van der Waals surface area contributed by atoms with Crippen molar-refractivity contribution in [1.82, 2.24) is 4.98 Å². The molecule has 3 nitrogen and oxygen atoms in total. The highest BCUT2D eigenvalue weighted by molar-refractivity contribution is 7.17. The number of benzene rings is 1. The molecule has 3 rings (SSSR count). The fraction of sp³-hybridized carbons (Fsp3) is 0.154. The first-order chi connectivity index (χ1) is 8.31. The minimum absolute atomic E-state index is 0.247. The van der Waals surface area contributed by atoms with E-state index in [2.05, 4.69) is 4.98 Å². The molecule has 0 aliphatic carbocycles. The number of thiophene rings is 1. The Morgan fingerprint density at radius 1 is 1.41 bits per heavy atom. The first kappa shape index (κ1) is 10.4. The summed E-state index contributed by atoms with van der Waals surface area (Å²) in [6.45, 7) is 2.22. The molecule has 1 N–H and O–H groups in total. The SMILES string of the molecule is CCOC(=O)c1csc2[nH]c3ccccc3c12. The Bertz CT molecular complexity index is 696. The number of carbonyl (C=O) groups excluding carboxylic acids is 1. The zero-order valence-electron chi connectivity index (χ0n) is 9.32. The van der Waals surface area contributed by atoms with Crippen LogP contribution in [0.5, 0.6) is 0 Å². The van der Waals surface area contributed by atoms with E-state index in [-0.39, 0.29) is 5.97 Å². The molecule has 0 aliphatic heterocycles. The summed E-state index contributed by atoms with van der Waals surface area (Å²) in [5.41, 5.74) is 1.71. The molecule has 4 heteroatoms. The van der Waals surface area contributed by atoms with Crippen molar-refractivity contribution in [2.24, 2.45) is 0 Å². The summed E-state index contributed by atoms with van der Waals surface area (Å²) >= 11 is 1.54. The molecule has 1 aromatic carbocycles. The summed E-state index contributed by atoms with van der Waals surface area (Å²) in [5.74, 6) is -0.247. The number of aromatic nitrogens is 1. The lowest BCUT2D eigenvalue weighted by Gasteiger charge is -1.98. The van der Waals surface area contributed by atoms with Crippen LogP contribution < -0.4 is 0 Å². The average molecular weight is 245 g/mol. The van der Waals surface area contributed by atoms with E-state index in [1.807, 2.05) is 36.6 Å². The lowest BCUT2D eigenvalue weighted by atomic mass is 10.1. The number of hydrogen-bond acceptors (Lipinski definition) is 3. The van der Waals surface area contributed by atoms with Crippen LogP contribution in [0.3, 0.4) is 0 Å². The number of aromatic amines is 1. The molecule has 3 aromatic rings. The van der Waals surface area contributed by atoms with Gasteiger partial charge in [0.25, 0.3) is 0 Å². The van der Waals surface area contributed by atoms with Crippen molar-refractivity contribution in [1.29, 1.82) is 0 Å². The van der Waals surface area contributed by atoms with Crippen molar-refractivity contribution in [2.45, 2.75) is 6.92 Å². The molecular formula is C13H11NO2S. The smallest absolute Gasteiger partial charge is 0.339 e.